The lowest BCUT2D eigenvalue weighted by Gasteiger charge is -2.03. The molecule has 7 heteroatoms. The number of halogens is 3. The number of esters is 1. The fourth-order valence-electron chi connectivity index (χ4n) is 1.58. The maximum atomic E-state index is 11.6. The third kappa shape index (κ3) is 6.10. The average molecular weight is 373 g/mol. The molecular formula is C16H12Cl3NO3. The zero-order chi connectivity index (χ0) is 16.7. The second-order valence-corrected chi connectivity index (χ2v) is 5.69. The molecule has 120 valence electrons. The molecule has 0 aliphatic carbocycles. The first kappa shape index (κ1) is 17.6. The first-order chi connectivity index (χ1) is 11.0. The molecule has 0 heterocycles. The summed E-state index contributed by atoms with van der Waals surface area (Å²) in [7, 11) is 0. The molecule has 0 unspecified atom stereocenters. The molecule has 23 heavy (non-hydrogen) atoms. The Labute approximate surface area is 148 Å². The van der Waals surface area contributed by atoms with Crippen LogP contribution < -0.4 is 4.74 Å². The lowest BCUT2D eigenvalue weighted by atomic mass is 10.2. The van der Waals surface area contributed by atoms with Crippen LogP contribution in [0.4, 0.5) is 0 Å². The topological polar surface area (TPSA) is 47.9 Å². The standard InChI is InChI=1S/C16H12Cl3NO3/c17-12-2-4-13(5-3-12)23-16(21)7-8-20-22-10-11-1-6-14(18)15(19)9-11/h1-6,8-9H,7,10H2/b20-8-. The van der Waals surface area contributed by atoms with Crippen molar-refractivity contribution < 1.29 is 14.4 Å². The molecule has 0 saturated carbocycles. The van der Waals surface area contributed by atoms with Gasteiger partial charge in [0.25, 0.3) is 0 Å². The smallest absolute Gasteiger partial charge is 0.316 e. The summed E-state index contributed by atoms with van der Waals surface area (Å²) >= 11 is 17.4. The summed E-state index contributed by atoms with van der Waals surface area (Å²) in [6.45, 7) is 0.222. The van der Waals surface area contributed by atoms with Crippen molar-refractivity contribution in [1.29, 1.82) is 0 Å². The van der Waals surface area contributed by atoms with E-state index in [1.807, 2.05) is 0 Å². The molecule has 0 bridgehead atoms. The van der Waals surface area contributed by atoms with Crippen LogP contribution in [0.3, 0.4) is 0 Å². The van der Waals surface area contributed by atoms with Crippen molar-refractivity contribution >= 4 is 47.0 Å². The molecule has 0 amide bonds. The molecule has 0 radical (unpaired) electrons. The Morgan fingerprint density at radius 1 is 1.04 bits per heavy atom. The van der Waals surface area contributed by atoms with Crippen LogP contribution in [0.5, 0.6) is 5.75 Å². The van der Waals surface area contributed by atoms with Crippen molar-refractivity contribution in [1.82, 2.24) is 0 Å². The van der Waals surface area contributed by atoms with E-state index >= 15 is 0 Å². The number of oxime groups is 1. The summed E-state index contributed by atoms with van der Waals surface area (Å²) in [5.41, 5.74) is 0.820. The summed E-state index contributed by atoms with van der Waals surface area (Å²) in [6, 6.07) is 11.6. The Morgan fingerprint density at radius 3 is 2.48 bits per heavy atom. The van der Waals surface area contributed by atoms with Gasteiger partial charge in [-0.2, -0.15) is 0 Å². The minimum Gasteiger partial charge on any atom is -0.426 e. The van der Waals surface area contributed by atoms with Gasteiger partial charge in [0.15, 0.2) is 0 Å². The van der Waals surface area contributed by atoms with E-state index in [2.05, 4.69) is 5.16 Å². The third-order valence-corrected chi connectivity index (χ3v) is 3.66. The first-order valence-electron chi connectivity index (χ1n) is 6.58. The number of hydrogen-bond donors (Lipinski definition) is 0. The molecule has 0 saturated heterocycles. The van der Waals surface area contributed by atoms with Gasteiger partial charge in [0, 0.05) is 5.02 Å². The minimum atomic E-state index is -0.450. The van der Waals surface area contributed by atoms with Crippen molar-refractivity contribution in [2.45, 2.75) is 13.0 Å². The summed E-state index contributed by atoms with van der Waals surface area (Å²) in [6.07, 6.45) is 1.32. The highest BCUT2D eigenvalue weighted by Crippen LogP contribution is 2.22. The predicted octanol–water partition coefficient (Wildman–Crippen LogP) is 5.14. The number of ether oxygens (including phenoxy) is 1. The van der Waals surface area contributed by atoms with Crippen LogP contribution in [0.15, 0.2) is 47.6 Å². The van der Waals surface area contributed by atoms with Gasteiger partial charge in [-0.3, -0.25) is 4.79 Å². The van der Waals surface area contributed by atoms with Crippen molar-refractivity contribution in [2.24, 2.45) is 5.16 Å². The highest BCUT2D eigenvalue weighted by molar-refractivity contribution is 6.42. The summed E-state index contributed by atoms with van der Waals surface area (Å²) in [5, 5.41) is 5.19. The van der Waals surface area contributed by atoms with Crippen molar-refractivity contribution in [3.63, 3.8) is 0 Å². The van der Waals surface area contributed by atoms with Gasteiger partial charge in [-0.05, 0) is 42.0 Å². The second-order valence-electron chi connectivity index (χ2n) is 4.44. The molecule has 0 aromatic heterocycles. The Kier molecular flexibility index (Phi) is 6.71. The number of carbonyl (C=O) groups is 1. The molecule has 4 nitrogen and oxygen atoms in total. The van der Waals surface area contributed by atoms with E-state index in [-0.39, 0.29) is 13.0 Å². The molecule has 0 N–H and O–H groups in total. The summed E-state index contributed by atoms with van der Waals surface area (Å²) in [4.78, 5) is 16.7. The van der Waals surface area contributed by atoms with Crippen molar-refractivity contribution in [2.75, 3.05) is 0 Å². The molecule has 0 aliphatic heterocycles. The van der Waals surface area contributed by atoms with E-state index in [0.29, 0.717) is 20.8 Å². The van der Waals surface area contributed by atoms with Gasteiger partial charge in [-0.25, -0.2) is 0 Å². The number of rotatable bonds is 6. The Balaban J connectivity index is 1.72. The van der Waals surface area contributed by atoms with Crippen LogP contribution in [-0.2, 0) is 16.2 Å². The molecule has 0 aliphatic rings. The maximum absolute atomic E-state index is 11.6. The Hall–Kier alpha value is -1.75. The number of nitrogens with zero attached hydrogens (tertiary/aromatic N) is 1. The molecule has 0 spiro atoms. The lowest BCUT2D eigenvalue weighted by molar-refractivity contribution is -0.132. The maximum Gasteiger partial charge on any atom is 0.316 e. The van der Waals surface area contributed by atoms with Crippen LogP contribution in [0.25, 0.3) is 0 Å². The van der Waals surface area contributed by atoms with E-state index < -0.39 is 5.97 Å². The van der Waals surface area contributed by atoms with E-state index in [0.717, 1.165) is 5.56 Å². The van der Waals surface area contributed by atoms with Gasteiger partial charge in [0.1, 0.15) is 12.4 Å². The largest absolute Gasteiger partial charge is 0.426 e. The van der Waals surface area contributed by atoms with Crippen LogP contribution in [0, 0.1) is 0 Å². The third-order valence-electron chi connectivity index (χ3n) is 2.67. The molecule has 0 atom stereocenters. The van der Waals surface area contributed by atoms with Crippen molar-refractivity contribution in [3.05, 3.63) is 63.1 Å². The molecule has 2 rings (SSSR count). The van der Waals surface area contributed by atoms with E-state index in [1.165, 1.54) is 6.21 Å². The van der Waals surface area contributed by atoms with Crippen LogP contribution in [0.2, 0.25) is 15.1 Å². The Morgan fingerprint density at radius 2 is 1.78 bits per heavy atom. The molecule has 2 aromatic carbocycles. The first-order valence-corrected chi connectivity index (χ1v) is 7.72. The summed E-state index contributed by atoms with van der Waals surface area (Å²) < 4.78 is 5.09. The van der Waals surface area contributed by atoms with Gasteiger partial charge >= 0.3 is 5.97 Å². The van der Waals surface area contributed by atoms with Crippen LogP contribution in [-0.4, -0.2) is 12.2 Å². The zero-order valence-corrected chi connectivity index (χ0v) is 14.1. The van der Waals surface area contributed by atoms with Gasteiger partial charge < -0.3 is 9.57 Å². The second kappa shape index (κ2) is 8.77. The van der Waals surface area contributed by atoms with E-state index in [1.54, 1.807) is 42.5 Å². The fourth-order valence-corrected chi connectivity index (χ4v) is 2.03. The van der Waals surface area contributed by atoms with Gasteiger partial charge in [-0.1, -0.05) is 46.0 Å². The molecule has 2 aromatic rings. The average Bonchev–Trinajstić information content (AvgIpc) is 2.53. The monoisotopic (exact) mass is 371 g/mol. The normalized spacial score (nSPS) is 10.7. The Bertz CT molecular complexity index is 702. The van der Waals surface area contributed by atoms with Crippen LogP contribution >= 0.6 is 34.8 Å². The SMILES string of the molecule is O=C(C/C=N\OCc1ccc(Cl)c(Cl)c1)Oc1ccc(Cl)cc1. The lowest BCUT2D eigenvalue weighted by Crippen LogP contribution is -2.08. The number of benzene rings is 2. The zero-order valence-electron chi connectivity index (χ0n) is 11.8. The summed E-state index contributed by atoms with van der Waals surface area (Å²) in [5.74, 6) is -0.0289. The predicted molar refractivity (Wildman–Crippen MR) is 91.4 cm³/mol. The van der Waals surface area contributed by atoms with Crippen molar-refractivity contribution in [3.8, 4) is 5.75 Å². The molecular weight excluding hydrogens is 361 g/mol. The van der Waals surface area contributed by atoms with Gasteiger partial charge in [0.2, 0.25) is 0 Å². The minimum absolute atomic E-state index is 0.00992. The fraction of sp³-hybridized carbons (Fsp3) is 0.125. The van der Waals surface area contributed by atoms with Gasteiger partial charge in [0.05, 0.1) is 22.7 Å². The van der Waals surface area contributed by atoms with Gasteiger partial charge in [-0.15, -0.1) is 0 Å². The number of carbonyl (C=O) groups excluding carboxylic acids is 1. The highest BCUT2D eigenvalue weighted by atomic mass is 35.5. The van der Waals surface area contributed by atoms with Crippen LogP contribution in [0.1, 0.15) is 12.0 Å². The highest BCUT2D eigenvalue weighted by Gasteiger charge is 2.03. The van der Waals surface area contributed by atoms with E-state index in [9.17, 15) is 4.79 Å². The number of hydrogen-bond acceptors (Lipinski definition) is 4. The van der Waals surface area contributed by atoms with E-state index in [4.69, 9.17) is 44.4 Å². The molecule has 0 fully saturated rings. The quantitative estimate of drug-likeness (QED) is 0.305.